The third kappa shape index (κ3) is 7.53. The first-order valence-electron chi connectivity index (χ1n) is 12.5. The fourth-order valence-corrected chi connectivity index (χ4v) is 4.36. The number of non-ortho nitro benzene ring substituents is 1. The number of piperazine rings is 1. The third-order valence-electron chi connectivity index (χ3n) is 6.42. The van der Waals surface area contributed by atoms with E-state index in [1.54, 1.807) is 18.2 Å². The zero-order valence-electron chi connectivity index (χ0n) is 21.9. The molecule has 1 saturated heterocycles. The maximum atomic E-state index is 13.2. The number of hydrogen-bond donors (Lipinski definition) is 2. The molecule has 0 aromatic heterocycles. The summed E-state index contributed by atoms with van der Waals surface area (Å²) >= 11 is 0. The minimum Gasteiger partial charge on any atom is -0.497 e. The van der Waals surface area contributed by atoms with E-state index in [4.69, 9.17) is 9.47 Å². The molecule has 204 valence electrons. The summed E-state index contributed by atoms with van der Waals surface area (Å²) < 4.78 is 10.5. The van der Waals surface area contributed by atoms with Gasteiger partial charge < -0.3 is 20.1 Å². The van der Waals surface area contributed by atoms with Crippen LogP contribution < -0.4 is 20.1 Å². The molecule has 0 radical (unpaired) electrons. The highest BCUT2D eigenvalue weighted by atomic mass is 16.6. The number of carbonyl (C=O) groups excluding carboxylic acids is 2. The molecule has 1 aliphatic heterocycles. The molecular weight excluding hydrogens is 502 g/mol. The van der Waals surface area contributed by atoms with Crippen LogP contribution in [0.1, 0.15) is 15.9 Å². The zero-order chi connectivity index (χ0) is 27.8. The first-order valence-corrected chi connectivity index (χ1v) is 12.5. The molecule has 11 heteroatoms. The van der Waals surface area contributed by atoms with Crippen LogP contribution >= 0.6 is 0 Å². The molecule has 0 spiro atoms. The number of ether oxygens (including phenoxy) is 2. The maximum Gasteiger partial charge on any atom is 0.270 e. The number of rotatable bonds is 10. The van der Waals surface area contributed by atoms with Gasteiger partial charge >= 0.3 is 0 Å². The van der Waals surface area contributed by atoms with Crippen molar-refractivity contribution in [3.63, 3.8) is 0 Å². The average molecular weight is 534 g/mol. The number of hydrogen-bond acceptors (Lipinski definition) is 8. The normalized spacial score (nSPS) is 13.9. The van der Waals surface area contributed by atoms with E-state index in [-0.39, 0.29) is 29.4 Å². The molecule has 39 heavy (non-hydrogen) atoms. The van der Waals surface area contributed by atoms with E-state index in [1.807, 2.05) is 23.1 Å². The van der Waals surface area contributed by atoms with Crippen molar-refractivity contribution < 1.29 is 24.0 Å². The van der Waals surface area contributed by atoms with Gasteiger partial charge in [0.15, 0.2) is 0 Å². The van der Waals surface area contributed by atoms with Crippen molar-refractivity contribution >= 4 is 28.9 Å². The number of benzene rings is 3. The first kappa shape index (κ1) is 27.6. The van der Waals surface area contributed by atoms with Crippen LogP contribution in [0.5, 0.6) is 11.5 Å². The van der Waals surface area contributed by atoms with Crippen LogP contribution in [0.4, 0.5) is 17.1 Å². The van der Waals surface area contributed by atoms with Gasteiger partial charge in [0.1, 0.15) is 11.5 Å². The van der Waals surface area contributed by atoms with Crippen molar-refractivity contribution in [2.75, 3.05) is 57.6 Å². The quantitative estimate of drug-likeness (QED) is 0.299. The van der Waals surface area contributed by atoms with Crippen LogP contribution in [0.25, 0.3) is 0 Å². The molecule has 0 bridgehead atoms. The summed E-state index contributed by atoms with van der Waals surface area (Å²) in [4.78, 5) is 41.3. The van der Waals surface area contributed by atoms with E-state index in [0.717, 1.165) is 38.8 Å². The Morgan fingerprint density at radius 1 is 0.872 bits per heavy atom. The molecule has 1 heterocycles. The topological polar surface area (TPSA) is 126 Å². The van der Waals surface area contributed by atoms with Gasteiger partial charge in [-0.25, -0.2) is 0 Å². The minimum atomic E-state index is -0.626. The smallest absolute Gasteiger partial charge is 0.270 e. The molecule has 1 aliphatic rings. The Balaban J connectivity index is 1.41. The summed E-state index contributed by atoms with van der Waals surface area (Å²) in [6.45, 7) is 4.12. The fourth-order valence-electron chi connectivity index (χ4n) is 4.36. The highest BCUT2D eigenvalue weighted by molar-refractivity contribution is 6.10. The van der Waals surface area contributed by atoms with Gasteiger partial charge in [-0.15, -0.1) is 0 Å². The van der Waals surface area contributed by atoms with E-state index in [9.17, 15) is 19.7 Å². The lowest BCUT2D eigenvalue weighted by Gasteiger charge is -2.34. The molecule has 11 nitrogen and oxygen atoms in total. The molecule has 0 saturated carbocycles. The number of carbonyl (C=O) groups is 2. The number of nitrogens with zero attached hydrogens (tertiary/aromatic N) is 3. The molecule has 1 fully saturated rings. The van der Waals surface area contributed by atoms with Crippen molar-refractivity contribution in [1.82, 2.24) is 9.80 Å². The van der Waals surface area contributed by atoms with Gasteiger partial charge in [0, 0.05) is 68.7 Å². The highest BCUT2D eigenvalue weighted by Gasteiger charge is 2.22. The van der Waals surface area contributed by atoms with E-state index >= 15 is 0 Å². The van der Waals surface area contributed by atoms with Crippen LogP contribution in [-0.4, -0.2) is 73.5 Å². The van der Waals surface area contributed by atoms with E-state index in [2.05, 4.69) is 27.7 Å². The van der Waals surface area contributed by atoms with Crippen LogP contribution in [-0.2, 0) is 11.3 Å². The summed E-state index contributed by atoms with van der Waals surface area (Å²) in [7, 11) is 2.97. The molecule has 2 amide bonds. The Hall–Kier alpha value is -4.48. The van der Waals surface area contributed by atoms with Crippen molar-refractivity contribution in [2.45, 2.75) is 6.54 Å². The fraction of sp³-hybridized carbons (Fsp3) is 0.286. The predicted octanol–water partition coefficient (Wildman–Crippen LogP) is 3.62. The lowest BCUT2D eigenvalue weighted by Crippen LogP contribution is -2.48. The summed E-state index contributed by atoms with van der Waals surface area (Å²) in [5.74, 6) is -0.0153. The van der Waals surface area contributed by atoms with Crippen molar-refractivity contribution in [1.29, 1.82) is 0 Å². The van der Waals surface area contributed by atoms with Gasteiger partial charge in [-0.3, -0.25) is 29.5 Å². The van der Waals surface area contributed by atoms with Gasteiger partial charge in [-0.05, 0) is 11.6 Å². The van der Waals surface area contributed by atoms with Gasteiger partial charge in [-0.2, -0.15) is 0 Å². The Morgan fingerprint density at radius 2 is 1.51 bits per heavy atom. The Bertz CT molecular complexity index is 1300. The van der Waals surface area contributed by atoms with Crippen LogP contribution in [0, 0.1) is 10.1 Å². The second-order valence-electron chi connectivity index (χ2n) is 9.13. The first-order chi connectivity index (χ1) is 18.8. The van der Waals surface area contributed by atoms with Crippen molar-refractivity contribution in [2.24, 2.45) is 0 Å². The molecular formula is C28H31N5O6. The zero-order valence-corrected chi connectivity index (χ0v) is 21.9. The number of nitro benzene ring substituents is 1. The summed E-state index contributed by atoms with van der Waals surface area (Å²) in [5.41, 5.74) is 1.50. The highest BCUT2D eigenvalue weighted by Crippen LogP contribution is 2.28. The Morgan fingerprint density at radius 3 is 2.13 bits per heavy atom. The molecule has 4 rings (SSSR count). The molecule has 3 aromatic rings. The summed E-state index contributed by atoms with van der Waals surface area (Å²) in [5, 5.41) is 16.8. The van der Waals surface area contributed by atoms with Gasteiger partial charge in [0.25, 0.3) is 11.6 Å². The number of nitrogens with one attached hydrogen (secondary N) is 2. The van der Waals surface area contributed by atoms with E-state index < -0.39 is 10.8 Å². The second kappa shape index (κ2) is 12.9. The molecule has 0 aliphatic carbocycles. The van der Waals surface area contributed by atoms with Crippen LogP contribution in [0.15, 0.2) is 66.7 Å². The van der Waals surface area contributed by atoms with Crippen LogP contribution in [0.3, 0.4) is 0 Å². The summed E-state index contributed by atoms with van der Waals surface area (Å²) in [6, 6.07) is 18.8. The largest absolute Gasteiger partial charge is 0.497 e. The number of nitro groups is 1. The average Bonchev–Trinajstić information content (AvgIpc) is 2.94. The van der Waals surface area contributed by atoms with Crippen molar-refractivity contribution in [3.8, 4) is 11.5 Å². The van der Waals surface area contributed by atoms with Gasteiger partial charge in [-0.1, -0.05) is 30.3 Å². The molecule has 0 unspecified atom stereocenters. The molecule has 3 aromatic carbocycles. The second-order valence-corrected chi connectivity index (χ2v) is 9.13. The Labute approximate surface area is 226 Å². The standard InChI is InChI=1S/C28H31N5O6/c1-38-23-14-21(15-24(17-23)39-2)29-28(35)25-16-22(33(36)37)8-9-26(25)30-27(34)19-32-12-10-31(11-13-32)18-20-6-4-3-5-7-20/h3-9,14-17H,10-13,18-19H2,1-2H3,(H,29,35)(H,30,34). The SMILES string of the molecule is COc1cc(NC(=O)c2cc([N+](=O)[O-])ccc2NC(=O)CN2CCN(Cc3ccccc3)CC2)cc(OC)c1. The third-order valence-corrected chi connectivity index (χ3v) is 6.42. The van der Waals surface area contributed by atoms with Gasteiger partial charge in [0.2, 0.25) is 5.91 Å². The molecule has 2 N–H and O–H groups in total. The van der Waals surface area contributed by atoms with Crippen LogP contribution in [0.2, 0.25) is 0 Å². The maximum absolute atomic E-state index is 13.2. The predicted molar refractivity (Wildman–Crippen MR) is 147 cm³/mol. The number of methoxy groups -OCH3 is 2. The van der Waals surface area contributed by atoms with E-state index in [1.165, 1.54) is 31.9 Å². The lowest BCUT2D eigenvalue weighted by atomic mass is 10.1. The monoisotopic (exact) mass is 533 g/mol. The minimum absolute atomic E-state index is 0.0352. The lowest BCUT2D eigenvalue weighted by molar-refractivity contribution is -0.384. The van der Waals surface area contributed by atoms with E-state index in [0.29, 0.717) is 17.2 Å². The van der Waals surface area contributed by atoms with Gasteiger partial charge in [0.05, 0.1) is 36.9 Å². The van der Waals surface area contributed by atoms with Crippen molar-refractivity contribution in [3.05, 3.63) is 88.0 Å². The molecule has 0 atom stereocenters. The Kier molecular flexibility index (Phi) is 9.08. The number of amides is 2. The number of anilines is 2. The summed E-state index contributed by atoms with van der Waals surface area (Å²) in [6.07, 6.45) is 0.